The number of nitrogens with one attached hydrogen (secondary N) is 2. The summed E-state index contributed by atoms with van der Waals surface area (Å²) in [5.41, 5.74) is 1.02. The van der Waals surface area contributed by atoms with E-state index in [1.807, 2.05) is 25.1 Å². The number of ether oxygens (including phenoxy) is 2. The molecule has 2 unspecified atom stereocenters. The van der Waals surface area contributed by atoms with Crippen LogP contribution in [-0.2, 0) is 4.79 Å². The molecular formula is C19H30N2O3. The van der Waals surface area contributed by atoms with Crippen LogP contribution in [0.1, 0.15) is 51.1 Å². The van der Waals surface area contributed by atoms with Crippen LogP contribution in [0.25, 0.3) is 0 Å². The van der Waals surface area contributed by atoms with Crippen LogP contribution in [0.3, 0.4) is 0 Å². The molecule has 0 aromatic heterocycles. The van der Waals surface area contributed by atoms with E-state index in [9.17, 15) is 4.79 Å². The van der Waals surface area contributed by atoms with Crippen LogP contribution in [0.2, 0.25) is 0 Å². The molecule has 1 heterocycles. The van der Waals surface area contributed by atoms with E-state index in [2.05, 4.69) is 17.6 Å². The lowest BCUT2D eigenvalue weighted by molar-refractivity contribution is -0.122. The van der Waals surface area contributed by atoms with Crippen LogP contribution in [0.15, 0.2) is 18.2 Å². The Morgan fingerprint density at radius 3 is 2.92 bits per heavy atom. The summed E-state index contributed by atoms with van der Waals surface area (Å²) >= 11 is 0. The summed E-state index contributed by atoms with van der Waals surface area (Å²) in [5, 5.41) is 6.42. The Kier molecular flexibility index (Phi) is 7.37. The molecular weight excluding hydrogens is 304 g/mol. The zero-order chi connectivity index (χ0) is 17.4. The van der Waals surface area contributed by atoms with Crippen LogP contribution in [0.5, 0.6) is 11.5 Å². The third-order valence-electron chi connectivity index (χ3n) is 4.47. The molecule has 0 radical (unpaired) electrons. The van der Waals surface area contributed by atoms with Gasteiger partial charge in [0, 0.05) is 6.42 Å². The van der Waals surface area contributed by atoms with Gasteiger partial charge >= 0.3 is 0 Å². The fraction of sp³-hybridized carbons (Fsp3) is 0.632. The van der Waals surface area contributed by atoms with Gasteiger partial charge in [0.05, 0.1) is 19.8 Å². The molecule has 1 saturated heterocycles. The molecule has 24 heavy (non-hydrogen) atoms. The summed E-state index contributed by atoms with van der Waals surface area (Å²) in [6.45, 7) is 6.85. The highest BCUT2D eigenvalue weighted by atomic mass is 16.5. The van der Waals surface area contributed by atoms with Gasteiger partial charge in [-0.3, -0.25) is 4.79 Å². The third kappa shape index (κ3) is 5.41. The van der Waals surface area contributed by atoms with Crippen molar-refractivity contribution in [3.8, 4) is 11.5 Å². The highest BCUT2D eigenvalue weighted by Gasteiger charge is 2.17. The van der Waals surface area contributed by atoms with Crippen LogP contribution in [-0.4, -0.2) is 32.7 Å². The van der Waals surface area contributed by atoms with Gasteiger partial charge < -0.3 is 20.1 Å². The average Bonchev–Trinajstić information content (AvgIpc) is 3.11. The van der Waals surface area contributed by atoms with Gasteiger partial charge in [-0.25, -0.2) is 0 Å². The van der Waals surface area contributed by atoms with Crippen molar-refractivity contribution in [2.45, 2.75) is 45.6 Å². The molecule has 5 heteroatoms. The molecule has 0 aliphatic carbocycles. The Labute approximate surface area is 145 Å². The molecule has 1 aromatic rings. The molecule has 1 aromatic carbocycles. The predicted molar refractivity (Wildman–Crippen MR) is 95.5 cm³/mol. The van der Waals surface area contributed by atoms with E-state index in [1.165, 1.54) is 6.42 Å². The Morgan fingerprint density at radius 1 is 1.42 bits per heavy atom. The molecule has 2 atom stereocenters. The van der Waals surface area contributed by atoms with E-state index >= 15 is 0 Å². The standard InChI is InChI=1S/C19H30N2O3/c1-4-11-24-17-7-6-16(12-18(17)23-3)14(2)21-19(22)8-5-15-9-10-20-13-15/h6-7,12,14-15,20H,4-5,8-11,13H2,1-3H3,(H,21,22). The first kappa shape index (κ1) is 18.6. The maximum atomic E-state index is 12.2. The van der Waals surface area contributed by atoms with Gasteiger partial charge in [0.15, 0.2) is 11.5 Å². The second-order valence-electron chi connectivity index (χ2n) is 6.45. The van der Waals surface area contributed by atoms with Crippen molar-refractivity contribution in [1.29, 1.82) is 0 Å². The molecule has 1 amide bonds. The van der Waals surface area contributed by atoms with E-state index in [0.717, 1.165) is 37.2 Å². The van der Waals surface area contributed by atoms with E-state index in [-0.39, 0.29) is 11.9 Å². The van der Waals surface area contributed by atoms with Gasteiger partial charge in [-0.15, -0.1) is 0 Å². The van der Waals surface area contributed by atoms with Crippen molar-refractivity contribution in [2.75, 3.05) is 26.8 Å². The van der Waals surface area contributed by atoms with Crippen LogP contribution >= 0.6 is 0 Å². The fourth-order valence-electron chi connectivity index (χ4n) is 2.98. The van der Waals surface area contributed by atoms with E-state index < -0.39 is 0 Å². The van der Waals surface area contributed by atoms with Crippen LogP contribution < -0.4 is 20.1 Å². The number of amides is 1. The van der Waals surface area contributed by atoms with Crippen molar-refractivity contribution in [3.05, 3.63) is 23.8 Å². The zero-order valence-corrected chi connectivity index (χ0v) is 15.1. The number of carbonyl (C=O) groups is 1. The van der Waals surface area contributed by atoms with Crippen LogP contribution in [0, 0.1) is 5.92 Å². The van der Waals surface area contributed by atoms with Crippen molar-refractivity contribution in [1.82, 2.24) is 10.6 Å². The first-order valence-electron chi connectivity index (χ1n) is 8.94. The first-order chi connectivity index (χ1) is 11.6. The molecule has 1 fully saturated rings. The van der Waals surface area contributed by atoms with Gasteiger partial charge in [-0.2, -0.15) is 0 Å². The van der Waals surface area contributed by atoms with E-state index in [4.69, 9.17) is 9.47 Å². The molecule has 0 saturated carbocycles. The predicted octanol–water partition coefficient (Wildman–Crippen LogP) is 3.05. The lowest BCUT2D eigenvalue weighted by Crippen LogP contribution is -2.27. The van der Waals surface area contributed by atoms with Gasteiger partial charge in [0.1, 0.15) is 0 Å². The summed E-state index contributed by atoms with van der Waals surface area (Å²) in [6, 6.07) is 5.79. The quantitative estimate of drug-likeness (QED) is 0.729. The number of hydrogen-bond acceptors (Lipinski definition) is 4. The number of methoxy groups -OCH3 is 1. The van der Waals surface area contributed by atoms with Crippen molar-refractivity contribution >= 4 is 5.91 Å². The molecule has 5 nitrogen and oxygen atoms in total. The Bertz CT molecular complexity index is 527. The molecule has 134 valence electrons. The van der Waals surface area contributed by atoms with Gasteiger partial charge in [0.2, 0.25) is 5.91 Å². The van der Waals surface area contributed by atoms with Gasteiger partial charge in [-0.1, -0.05) is 13.0 Å². The Morgan fingerprint density at radius 2 is 2.25 bits per heavy atom. The minimum absolute atomic E-state index is 0.0478. The normalized spacial score (nSPS) is 18.2. The first-order valence-corrected chi connectivity index (χ1v) is 8.94. The topological polar surface area (TPSA) is 59.6 Å². The summed E-state index contributed by atoms with van der Waals surface area (Å²) in [4.78, 5) is 12.2. The number of hydrogen-bond donors (Lipinski definition) is 2. The molecule has 1 aliphatic heterocycles. The highest BCUT2D eigenvalue weighted by Crippen LogP contribution is 2.30. The van der Waals surface area contributed by atoms with Crippen molar-refractivity contribution in [2.24, 2.45) is 5.92 Å². The largest absolute Gasteiger partial charge is 0.493 e. The molecule has 2 rings (SSSR count). The van der Waals surface area contributed by atoms with Gasteiger partial charge in [-0.05, 0) is 62.9 Å². The monoisotopic (exact) mass is 334 g/mol. The third-order valence-corrected chi connectivity index (χ3v) is 4.47. The number of benzene rings is 1. The summed E-state index contributed by atoms with van der Waals surface area (Å²) in [5.74, 6) is 2.20. The van der Waals surface area contributed by atoms with Gasteiger partial charge in [0.25, 0.3) is 0 Å². The van der Waals surface area contributed by atoms with Crippen molar-refractivity contribution in [3.63, 3.8) is 0 Å². The molecule has 1 aliphatic rings. The van der Waals surface area contributed by atoms with E-state index in [1.54, 1.807) is 7.11 Å². The second kappa shape index (κ2) is 9.52. The lowest BCUT2D eigenvalue weighted by Gasteiger charge is -2.17. The average molecular weight is 334 g/mol. The summed E-state index contributed by atoms with van der Waals surface area (Å²) in [7, 11) is 1.64. The molecule has 2 N–H and O–H groups in total. The fourth-order valence-corrected chi connectivity index (χ4v) is 2.98. The Hall–Kier alpha value is -1.75. The Balaban J connectivity index is 1.88. The summed E-state index contributed by atoms with van der Waals surface area (Å²) < 4.78 is 11.1. The molecule has 0 spiro atoms. The zero-order valence-electron chi connectivity index (χ0n) is 15.1. The maximum Gasteiger partial charge on any atom is 0.220 e. The summed E-state index contributed by atoms with van der Waals surface area (Å²) in [6.07, 6.45) is 3.68. The van der Waals surface area contributed by atoms with Crippen LogP contribution in [0.4, 0.5) is 0 Å². The molecule has 0 bridgehead atoms. The maximum absolute atomic E-state index is 12.2. The number of rotatable bonds is 9. The minimum atomic E-state index is -0.0478. The second-order valence-corrected chi connectivity index (χ2v) is 6.45. The lowest BCUT2D eigenvalue weighted by atomic mass is 10.0. The minimum Gasteiger partial charge on any atom is -0.493 e. The smallest absolute Gasteiger partial charge is 0.220 e. The van der Waals surface area contributed by atoms with Crippen molar-refractivity contribution < 1.29 is 14.3 Å². The SMILES string of the molecule is CCCOc1ccc(C(C)NC(=O)CCC2CCNC2)cc1OC. The highest BCUT2D eigenvalue weighted by molar-refractivity contribution is 5.76. The van der Waals surface area contributed by atoms with E-state index in [0.29, 0.717) is 24.7 Å². The number of carbonyl (C=O) groups excluding carboxylic acids is 1.